The van der Waals surface area contributed by atoms with Gasteiger partial charge in [0, 0.05) is 32.6 Å². The van der Waals surface area contributed by atoms with Gasteiger partial charge in [-0.25, -0.2) is 9.97 Å². The number of hydrogen-bond acceptors (Lipinski definition) is 4. The van der Waals surface area contributed by atoms with Crippen LogP contribution in [-0.4, -0.2) is 30.2 Å². The smallest absolute Gasteiger partial charge is 0.225 e. The van der Waals surface area contributed by atoms with Crippen molar-refractivity contribution in [1.29, 1.82) is 0 Å². The molecule has 0 N–H and O–H groups in total. The topological polar surface area (TPSA) is 38.2 Å². The molecule has 0 aliphatic rings. The Kier molecular flexibility index (Phi) is 5.30. The van der Waals surface area contributed by atoms with E-state index in [0.717, 1.165) is 17.6 Å². The first kappa shape index (κ1) is 14.0. The van der Waals surface area contributed by atoms with Crippen LogP contribution in [0.5, 0.6) is 0 Å². The van der Waals surface area contributed by atoms with E-state index < -0.39 is 0 Å². The third-order valence-corrected chi connectivity index (χ3v) is 3.08. The number of aromatic nitrogens is 2. The quantitative estimate of drug-likeness (QED) is 0.820. The minimum Gasteiger partial charge on any atom is -0.383 e. The van der Waals surface area contributed by atoms with Crippen LogP contribution in [0.15, 0.2) is 47.2 Å². The third-order valence-electron chi connectivity index (χ3n) is 2.67. The first-order valence-electron chi connectivity index (χ1n) is 6.05. The summed E-state index contributed by atoms with van der Waals surface area (Å²) in [7, 11) is 1.70. The van der Waals surface area contributed by atoms with Crippen LogP contribution in [0, 0.1) is 0 Å². The molecular formula is C14H16BrN3O. The maximum atomic E-state index is 5.15. The van der Waals surface area contributed by atoms with E-state index in [-0.39, 0.29) is 0 Å². The van der Waals surface area contributed by atoms with Gasteiger partial charge in [0.25, 0.3) is 0 Å². The van der Waals surface area contributed by atoms with Crippen molar-refractivity contribution in [3.8, 4) is 0 Å². The third kappa shape index (κ3) is 4.29. The number of rotatable bonds is 6. The van der Waals surface area contributed by atoms with Gasteiger partial charge in [0.2, 0.25) is 5.95 Å². The molecule has 0 saturated heterocycles. The summed E-state index contributed by atoms with van der Waals surface area (Å²) in [5.41, 5.74) is 1.23. The van der Waals surface area contributed by atoms with Crippen molar-refractivity contribution < 1.29 is 4.74 Å². The maximum absolute atomic E-state index is 5.15. The summed E-state index contributed by atoms with van der Waals surface area (Å²) < 4.78 is 6.03. The van der Waals surface area contributed by atoms with Gasteiger partial charge in [0.1, 0.15) is 0 Å². The minimum absolute atomic E-state index is 0.645. The van der Waals surface area contributed by atoms with E-state index in [0.29, 0.717) is 12.6 Å². The highest BCUT2D eigenvalue weighted by atomic mass is 79.9. The molecule has 0 radical (unpaired) electrons. The molecule has 0 amide bonds. The van der Waals surface area contributed by atoms with Gasteiger partial charge in [0.15, 0.2) is 0 Å². The Bertz CT molecular complexity index is 490. The number of halogens is 1. The molecule has 1 aromatic carbocycles. The van der Waals surface area contributed by atoms with E-state index in [4.69, 9.17) is 4.74 Å². The number of benzene rings is 1. The van der Waals surface area contributed by atoms with Crippen molar-refractivity contribution in [1.82, 2.24) is 9.97 Å². The molecule has 5 heteroatoms. The number of methoxy groups -OCH3 is 1. The molecule has 100 valence electrons. The Morgan fingerprint density at radius 3 is 2.47 bits per heavy atom. The Hall–Kier alpha value is -1.46. The zero-order chi connectivity index (χ0) is 13.5. The number of ether oxygens (including phenoxy) is 1. The van der Waals surface area contributed by atoms with Crippen LogP contribution < -0.4 is 4.90 Å². The Labute approximate surface area is 121 Å². The zero-order valence-electron chi connectivity index (χ0n) is 10.8. The van der Waals surface area contributed by atoms with E-state index >= 15 is 0 Å². The average Bonchev–Trinajstić information content (AvgIpc) is 2.45. The van der Waals surface area contributed by atoms with Crippen LogP contribution in [0.1, 0.15) is 5.56 Å². The fourth-order valence-electron chi connectivity index (χ4n) is 1.72. The molecule has 0 bridgehead atoms. The molecule has 1 aromatic heterocycles. The van der Waals surface area contributed by atoms with Crippen LogP contribution >= 0.6 is 15.9 Å². The molecule has 0 unspecified atom stereocenters. The monoisotopic (exact) mass is 321 g/mol. The molecule has 2 aromatic rings. The van der Waals surface area contributed by atoms with Gasteiger partial charge in [-0.05, 0) is 21.5 Å². The van der Waals surface area contributed by atoms with Crippen molar-refractivity contribution >= 4 is 21.9 Å². The lowest BCUT2D eigenvalue weighted by Crippen LogP contribution is -2.28. The molecule has 0 aliphatic carbocycles. The van der Waals surface area contributed by atoms with Gasteiger partial charge >= 0.3 is 0 Å². The summed E-state index contributed by atoms with van der Waals surface area (Å²) in [5.74, 6) is 0.712. The zero-order valence-corrected chi connectivity index (χ0v) is 12.4. The summed E-state index contributed by atoms with van der Waals surface area (Å²) in [5, 5.41) is 0. The van der Waals surface area contributed by atoms with Crippen LogP contribution in [0.4, 0.5) is 5.95 Å². The fourth-order valence-corrected chi connectivity index (χ4v) is 1.93. The SMILES string of the molecule is COCCN(Cc1ccccc1)c1ncc(Br)cn1. The second-order valence-electron chi connectivity index (χ2n) is 4.10. The average molecular weight is 322 g/mol. The van der Waals surface area contributed by atoms with Crippen LogP contribution in [0.2, 0.25) is 0 Å². The van der Waals surface area contributed by atoms with E-state index in [2.05, 4.69) is 42.9 Å². The van der Waals surface area contributed by atoms with Gasteiger partial charge in [-0.3, -0.25) is 0 Å². The largest absolute Gasteiger partial charge is 0.383 e. The standard InChI is InChI=1S/C14H16BrN3O/c1-19-8-7-18(11-12-5-3-2-4-6-12)14-16-9-13(15)10-17-14/h2-6,9-10H,7-8,11H2,1H3. The molecule has 4 nitrogen and oxygen atoms in total. The van der Waals surface area contributed by atoms with E-state index in [1.807, 2.05) is 18.2 Å². The normalized spacial score (nSPS) is 10.4. The summed E-state index contributed by atoms with van der Waals surface area (Å²) >= 11 is 3.35. The van der Waals surface area contributed by atoms with Gasteiger partial charge in [0.05, 0.1) is 11.1 Å². The highest BCUT2D eigenvalue weighted by Gasteiger charge is 2.09. The summed E-state index contributed by atoms with van der Waals surface area (Å²) in [6, 6.07) is 10.3. The van der Waals surface area contributed by atoms with Gasteiger partial charge in [-0.15, -0.1) is 0 Å². The second kappa shape index (κ2) is 7.21. The minimum atomic E-state index is 0.645. The lowest BCUT2D eigenvalue weighted by Gasteiger charge is -2.22. The molecule has 0 saturated carbocycles. The molecule has 0 fully saturated rings. The second-order valence-corrected chi connectivity index (χ2v) is 5.02. The molecular weight excluding hydrogens is 306 g/mol. The lowest BCUT2D eigenvalue weighted by molar-refractivity contribution is 0.204. The van der Waals surface area contributed by atoms with Crippen molar-refractivity contribution in [2.75, 3.05) is 25.2 Å². The Morgan fingerprint density at radius 1 is 1.16 bits per heavy atom. The van der Waals surface area contributed by atoms with Crippen molar-refractivity contribution in [2.45, 2.75) is 6.54 Å². The highest BCUT2D eigenvalue weighted by Crippen LogP contribution is 2.14. The molecule has 2 rings (SSSR count). The van der Waals surface area contributed by atoms with Crippen LogP contribution in [0.25, 0.3) is 0 Å². The summed E-state index contributed by atoms with van der Waals surface area (Å²) in [6.45, 7) is 2.17. The fraction of sp³-hybridized carbons (Fsp3) is 0.286. The number of hydrogen-bond donors (Lipinski definition) is 0. The van der Waals surface area contributed by atoms with Gasteiger partial charge < -0.3 is 9.64 Å². The van der Waals surface area contributed by atoms with Crippen molar-refractivity contribution in [3.05, 3.63) is 52.8 Å². The predicted molar refractivity (Wildman–Crippen MR) is 79.1 cm³/mol. The predicted octanol–water partition coefficient (Wildman–Crippen LogP) is 2.89. The molecule has 19 heavy (non-hydrogen) atoms. The highest BCUT2D eigenvalue weighted by molar-refractivity contribution is 9.10. The van der Waals surface area contributed by atoms with Crippen molar-refractivity contribution in [3.63, 3.8) is 0 Å². The van der Waals surface area contributed by atoms with E-state index in [1.54, 1.807) is 19.5 Å². The molecule has 0 spiro atoms. The van der Waals surface area contributed by atoms with Crippen LogP contribution in [0.3, 0.4) is 0 Å². The first-order chi connectivity index (χ1) is 9.29. The lowest BCUT2D eigenvalue weighted by atomic mass is 10.2. The van der Waals surface area contributed by atoms with Crippen molar-refractivity contribution in [2.24, 2.45) is 0 Å². The molecule has 0 atom stereocenters. The summed E-state index contributed by atoms with van der Waals surface area (Å²) in [4.78, 5) is 10.8. The van der Waals surface area contributed by atoms with E-state index in [1.165, 1.54) is 5.56 Å². The molecule has 1 heterocycles. The Balaban J connectivity index is 2.13. The summed E-state index contributed by atoms with van der Waals surface area (Å²) in [6.07, 6.45) is 3.51. The number of anilines is 1. The van der Waals surface area contributed by atoms with Crippen LogP contribution in [-0.2, 0) is 11.3 Å². The Morgan fingerprint density at radius 2 is 1.84 bits per heavy atom. The van der Waals surface area contributed by atoms with E-state index in [9.17, 15) is 0 Å². The number of nitrogens with zero attached hydrogens (tertiary/aromatic N) is 3. The van der Waals surface area contributed by atoms with Gasteiger partial charge in [-0.1, -0.05) is 30.3 Å². The molecule has 0 aliphatic heterocycles. The first-order valence-corrected chi connectivity index (χ1v) is 6.84. The van der Waals surface area contributed by atoms with Gasteiger partial charge in [-0.2, -0.15) is 0 Å². The maximum Gasteiger partial charge on any atom is 0.225 e.